The second kappa shape index (κ2) is 7.90. The van der Waals surface area contributed by atoms with Gasteiger partial charge in [-0.05, 0) is 31.5 Å². The van der Waals surface area contributed by atoms with Crippen molar-refractivity contribution >= 4 is 11.8 Å². The predicted molar refractivity (Wildman–Crippen MR) is 78.8 cm³/mol. The standard InChI is InChI=1S/C14H22N4O3/c1-17(13-5-4-12(14(19)20)15-16-13)6-2-3-7-18-8-10-21-11-9-18/h4-5H,2-3,6-11H2,1H3,(H,19,20). The molecule has 1 fully saturated rings. The molecule has 1 aromatic rings. The summed E-state index contributed by atoms with van der Waals surface area (Å²) in [5.74, 6) is -0.353. The van der Waals surface area contributed by atoms with Gasteiger partial charge < -0.3 is 14.7 Å². The zero-order valence-electron chi connectivity index (χ0n) is 12.4. The molecular formula is C14H22N4O3. The van der Waals surface area contributed by atoms with Crippen LogP contribution >= 0.6 is 0 Å². The van der Waals surface area contributed by atoms with Gasteiger partial charge in [-0.1, -0.05) is 0 Å². The molecule has 0 radical (unpaired) electrons. The predicted octanol–water partition coefficient (Wildman–Crippen LogP) is 0.723. The van der Waals surface area contributed by atoms with Gasteiger partial charge in [-0.15, -0.1) is 10.2 Å². The summed E-state index contributed by atoms with van der Waals surface area (Å²) in [6.45, 7) is 5.71. The topological polar surface area (TPSA) is 78.8 Å². The molecule has 2 heterocycles. The Balaban J connectivity index is 1.68. The van der Waals surface area contributed by atoms with Gasteiger partial charge in [-0.3, -0.25) is 4.90 Å². The summed E-state index contributed by atoms with van der Waals surface area (Å²) in [7, 11) is 1.94. The van der Waals surface area contributed by atoms with Crippen molar-refractivity contribution in [3.05, 3.63) is 17.8 Å². The first-order valence-electron chi connectivity index (χ1n) is 7.25. The van der Waals surface area contributed by atoms with Crippen molar-refractivity contribution < 1.29 is 14.6 Å². The Morgan fingerprint density at radius 3 is 2.71 bits per heavy atom. The Bertz CT molecular complexity index is 446. The second-order valence-electron chi connectivity index (χ2n) is 5.16. The van der Waals surface area contributed by atoms with E-state index in [1.54, 1.807) is 6.07 Å². The number of rotatable bonds is 7. The average molecular weight is 294 g/mol. The van der Waals surface area contributed by atoms with Crippen LogP contribution in [0.15, 0.2) is 12.1 Å². The number of carbonyl (C=O) groups is 1. The molecule has 0 saturated carbocycles. The van der Waals surface area contributed by atoms with Gasteiger partial charge in [0.25, 0.3) is 0 Å². The van der Waals surface area contributed by atoms with Crippen molar-refractivity contribution in [3.63, 3.8) is 0 Å². The molecule has 7 heteroatoms. The van der Waals surface area contributed by atoms with Crippen LogP contribution in [0.4, 0.5) is 5.82 Å². The smallest absolute Gasteiger partial charge is 0.356 e. The minimum atomic E-state index is -1.05. The lowest BCUT2D eigenvalue weighted by molar-refractivity contribution is 0.0372. The van der Waals surface area contributed by atoms with E-state index < -0.39 is 5.97 Å². The molecule has 0 unspecified atom stereocenters. The number of aromatic nitrogens is 2. The number of carboxylic acids is 1. The molecule has 0 atom stereocenters. The summed E-state index contributed by atoms with van der Waals surface area (Å²) in [6.07, 6.45) is 2.20. The van der Waals surface area contributed by atoms with Crippen LogP contribution in [0.1, 0.15) is 23.3 Å². The lowest BCUT2D eigenvalue weighted by atomic mass is 10.2. The summed E-state index contributed by atoms with van der Waals surface area (Å²) in [5.41, 5.74) is -0.0283. The normalized spacial score (nSPS) is 15.9. The molecule has 0 amide bonds. The highest BCUT2D eigenvalue weighted by Gasteiger charge is 2.10. The fourth-order valence-electron chi connectivity index (χ4n) is 2.27. The molecule has 2 rings (SSSR count). The summed E-state index contributed by atoms with van der Waals surface area (Å²) >= 11 is 0. The summed E-state index contributed by atoms with van der Waals surface area (Å²) in [4.78, 5) is 15.1. The van der Waals surface area contributed by atoms with Crippen LogP contribution in [-0.2, 0) is 4.74 Å². The maximum atomic E-state index is 10.7. The molecule has 7 nitrogen and oxygen atoms in total. The van der Waals surface area contributed by atoms with Crippen LogP contribution < -0.4 is 4.90 Å². The van der Waals surface area contributed by atoms with E-state index >= 15 is 0 Å². The van der Waals surface area contributed by atoms with E-state index in [0.717, 1.165) is 52.2 Å². The first kappa shape index (κ1) is 15.7. The van der Waals surface area contributed by atoms with Gasteiger partial charge in [0.2, 0.25) is 0 Å². The van der Waals surface area contributed by atoms with E-state index in [0.29, 0.717) is 5.82 Å². The molecule has 0 bridgehead atoms. The van der Waals surface area contributed by atoms with Gasteiger partial charge >= 0.3 is 5.97 Å². The second-order valence-corrected chi connectivity index (χ2v) is 5.16. The molecule has 1 saturated heterocycles. The zero-order chi connectivity index (χ0) is 15.1. The molecular weight excluding hydrogens is 272 g/mol. The Hall–Kier alpha value is -1.73. The van der Waals surface area contributed by atoms with Gasteiger partial charge in [0.15, 0.2) is 11.5 Å². The van der Waals surface area contributed by atoms with Crippen LogP contribution in [0.3, 0.4) is 0 Å². The van der Waals surface area contributed by atoms with Crippen molar-refractivity contribution in [2.24, 2.45) is 0 Å². The molecule has 1 aliphatic rings. The van der Waals surface area contributed by atoms with Crippen molar-refractivity contribution in [1.82, 2.24) is 15.1 Å². The third kappa shape index (κ3) is 4.95. The van der Waals surface area contributed by atoms with Crippen molar-refractivity contribution in [2.45, 2.75) is 12.8 Å². The Morgan fingerprint density at radius 2 is 2.10 bits per heavy atom. The van der Waals surface area contributed by atoms with Gasteiger partial charge in [0.05, 0.1) is 13.2 Å². The van der Waals surface area contributed by atoms with E-state index in [1.807, 2.05) is 11.9 Å². The first-order valence-corrected chi connectivity index (χ1v) is 7.25. The Morgan fingerprint density at radius 1 is 1.33 bits per heavy atom. The third-order valence-corrected chi connectivity index (χ3v) is 3.58. The molecule has 1 N–H and O–H groups in total. The maximum absolute atomic E-state index is 10.7. The van der Waals surface area contributed by atoms with E-state index in [1.165, 1.54) is 6.07 Å². The van der Waals surface area contributed by atoms with Crippen LogP contribution in [0.25, 0.3) is 0 Å². The lowest BCUT2D eigenvalue weighted by Gasteiger charge is -2.26. The highest BCUT2D eigenvalue weighted by Crippen LogP contribution is 2.09. The fraction of sp³-hybridized carbons (Fsp3) is 0.643. The quantitative estimate of drug-likeness (QED) is 0.742. The monoisotopic (exact) mass is 294 g/mol. The van der Waals surface area contributed by atoms with Crippen molar-refractivity contribution in [3.8, 4) is 0 Å². The highest BCUT2D eigenvalue weighted by molar-refractivity contribution is 5.85. The minimum Gasteiger partial charge on any atom is -0.476 e. The van der Waals surface area contributed by atoms with Crippen LogP contribution in [0, 0.1) is 0 Å². The largest absolute Gasteiger partial charge is 0.476 e. The highest BCUT2D eigenvalue weighted by atomic mass is 16.5. The number of nitrogens with zero attached hydrogens (tertiary/aromatic N) is 4. The van der Waals surface area contributed by atoms with Crippen molar-refractivity contribution in [1.29, 1.82) is 0 Å². The first-order chi connectivity index (χ1) is 10.2. The number of hydrogen-bond donors (Lipinski definition) is 1. The van der Waals surface area contributed by atoms with Crippen LogP contribution in [-0.4, -0.2) is 72.6 Å². The number of aromatic carboxylic acids is 1. The van der Waals surface area contributed by atoms with Gasteiger partial charge in [0.1, 0.15) is 0 Å². The van der Waals surface area contributed by atoms with Gasteiger partial charge in [-0.25, -0.2) is 4.79 Å². The number of morpholine rings is 1. The lowest BCUT2D eigenvalue weighted by Crippen LogP contribution is -2.37. The van der Waals surface area contributed by atoms with E-state index in [-0.39, 0.29) is 5.69 Å². The van der Waals surface area contributed by atoms with Crippen LogP contribution in [0.2, 0.25) is 0 Å². The summed E-state index contributed by atoms with van der Waals surface area (Å²) < 4.78 is 5.32. The molecule has 1 aliphatic heterocycles. The molecule has 0 spiro atoms. The molecule has 0 aromatic carbocycles. The van der Waals surface area contributed by atoms with Crippen molar-refractivity contribution in [2.75, 3.05) is 51.3 Å². The zero-order valence-corrected chi connectivity index (χ0v) is 12.4. The summed E-state index contributed by atoms with van der Waals surface area (Å²) in [6, 6.07) is 3.17. The number of hydrogen-bond acceptors (Lipinski definition) is 6. The SMILES string of the molecule is CN(CCCCN1CCOCC1)c1ccc(C(=O)O)nn1. The number of unbranched alkanes of at least 4 members (excludes halogenated alkanes) is 1. The number of carboxylic acid groups (broad SMARTS) is 1. The average Bonchev–Trinajstić information content (AvgIpc) is 2.52. The van der Waals surface area contributed by atoms with E-state index in [4.69, 9.17) is 9.84 Å². The maximum Gasteiger partial charge on any atom is 0.356 e. The Kier molecular flexibility index (Phi) is 5.89. The third-order valence-electron chi connectivity index (χ3n) is 3.58. The molecule has 116 valence electrons. The van der Waals surface area contributed by atoms with Gasteiger partial charge in [0, 0.05) is 26.7 Å². The number of ether oxygens (including phenoxy) is 1. The van der Waals surface area contributed by atoms with Crippen LogP contribution in [0.5, 0.6) is 0 Å². The fourth-order valence-corrected chi connectivity index (χ4v) is 2.27. The summed E-state index contributed by atoms with van der Waals surface area (Å²) in [5, 5.41) is 16.4. The van der Waals surface area contributed by atoms with E-state index in [9.17, 15) is 4.79 Å². The molecule has 0 aliphatic carbocycles. The minimum absolute atomic E-state index is 0.0283. The Labute approximate surface area is 124 Å². The van der Waals surface area contributed by atoms with Gasteiger partial charge in [-0.2, -0.15) is 0 Å². The molecule has 21 heavy (non-hydrogen) atoms. The molecule has 1 aromatic heterocycles. The number of anilines is 1. The van der Waals surface area contributed by atoms with E-state index in [2.05, 4.69) is 15.1 Å².